The summed E-state index contributed by atoms with van der Waals surface area (Å²) in [5.41, 5.74) is 3.73. The standard InChI is InChI=1S/C10H12F3NO/c1-10(5-14,15-2)9-7(12)3-6(11)4-8(9)13/h3-4H,5,14H2,1-2H3. The Balaban J connectivity index is 3.36. The molecule has 0 fully saturated rings. The molecular weight excluding hydrogens is 207 g/mol. The molecule has 0 heterocycles. The second-order valence-corrected chi connectivity index (χ2v) is 3.38. The van der Waals surface area contributed by atoms with Crippen LogP contribution in [-0.2, 0) is 10.3 Å². The Labute approximate surface area is 85.8 Å². The van der Waals surface area contributed by atoms with Gasteiger partial charge in [0.1, 0.15) is 23.1 Å². The van der Waals surface area contributed by atoms with E-state index in [2.05, 4.69) is 0 Å². The van der Waals surface area contributed by atoms with Gasteiger partial charge < -0.3 is 10.5 Å². The van der Waals surface area contributed by atoms with Gasteiger partial charge in [0.05, 0.1) is 5.56 Å². The maximum atomic E-state index is 13.4. The van der Waals surface area contributed by atoms with Gasteiger partial charge >= 0.3 is 0 Å². The van der Waals surface area contributed by atoms with Gasteiger partial charge in [-0.1, -0.05) is 0 Å². The van der Waals surface area contributed by atoms with Crippen molar-refractivity contribution >= 4 is 0 Å². The third-order valence-corrected chi connectivity index (χ3v) is 2.38. The molecule has 0 aliphatic heterocycles. The molecule has 5 heteroatoms. The van der Waals surface area contributed by atoms with Gasteiger partial charge in [-0.05, 0) is 6.92 Å². The van der Waals surface area contributed by atoms with Crippen molar-refractivity contribution in [3.05, 3.63) is 35.1 Å². The second-order valence-electron chi connectivity index (χ2n) is 3.38. The Morgan fingerprint density at radius 3 is 2.07 bits per heavy atom. The molecule has 0 saturated carbocycles. The third-order valence-electron chi connectivity index (χ3n) is 2.38. The molecule has 1 aromatic carbocycles. The van der Waals surface area contributed by atoms with Crippen molar-refractivity contribution in [3.63, 3.8) is 0 Å². The fraction of sp³-hybridized carbons (Fsp3) is 0.400. The Morgan fingerprint density at radius 2 is 1.73 bits per heavy atom. The molecule has 0 saturated heterocycles. The summed E-state index contributed by atoms with van der Waals surface area (Å²) in [5.74, 6) is -2.96. The van der Waals surface area contributed by atoms with Gasteiger partial charge in [-0.3, -0.25) is 0 Å². The summed E-state index contributed by atoms with van der Waals surface area (Å²) in [6, 6.07) is 1.21. The first kappa shape index (κ1) is 12.0. The molecule has 0 spiro atoms. The highest BCUT2D eigenvalue weighted by molar-refractivity contribution is 5.27. The molecule has 2 N–H and O–H groups in total. The lowest BCUT2D eigenvalue weighted by molar-refractivity contribution is 0.00397. The van der Waals surface area contributed by atoms with E-state index >= 15 is 0 Å². The topological polar surface area (TPSA) is 35.2 Å². The van der Waals surface area contributed by atoms with Crippen LogP contribution < -0.4 is 5.73 Å². The van der Waals surface area contributed by atoms with E-state index in [1.165, 1.54) is 14.0 Å². The van der Waals surface area contributed by atoms with Crippen molar-refractivity contribution in [1.29, 1.82) is 0 Å². The molecule has 84 valence electrons. The highest BCUT2D eigenvalue weighted by Crippen LogP contribution is 2.29. The van der Waals surface area contributed by atoms with Crippen LogP contribution in [0.4, 0.5) is 13.2 Å². The number of hydrogen-bond acceptors (Lipinski definition) is 2. The van der Waals surface area contributed by atoms with Crippen LogP contribution in [0.2, 0.25) is 0 Å². The normalized spacial score (nSPS) is 15.1. The summed E-state index contributed by atoms with van der Waals surface area (Å²) < 4.78 is 44.3. The summed E-state index contributed by atoms with van der Waals surface area (Å²) in [7, 11) is 1.29. The third kappa shape index (κ3) is 2.13. The predicted octanol–water partition coefficient (Wildman–Crippen LogP) is 1.92. The first-order valence-corrected chi connectivity index (χ1v) is 4.35. The zero-order valence-electron chi connectivity index (χ0n) is 8.48. The van der Waals surface area contributed by atoms with Crippen molar-refractivity contribution < 1.29 is 17.9 Å². The van der Waals surface area contributed by atoms with Crippen LogP contribution in [0, 0.1) is 17.5 Å². The molecule has 1 rings (SSSR count). The van der Waals surface area contributed by atoms with E-state index in [1.807, 2.05) is 0 Å². The average Bonchev–Trinajstić information content (AvgIpc) is 2.15. The van der Waals surface area contributed by atoms with Crippen LogP contribution in [0.3, 0.4) is 0 Å². The van der Waals surface area contributed by atoms with Gasteiger partial charge in [-0.25, -0.2) is 13.2 Å². The van der Waals surface area contributed by atoms with Gasteiger partial charge in [-0.15, -0.1) is 0 Å². The van der Waals surface area contributed by atoms with E-state index in [0.29, 0.717) is 12.1 Å². The van der Waals surface area contributed by atoms with Gasteiger partial charge in [0, 0.05) is 25.8 Å². The molecule has 0 amide bonds. The van der Waals surface area contributed by atoms with Crippen molar-refractivity contribution in [3.8, 4) is 0 Å². The quantitative estimate of drug-likeness (QED) is 0.843. The van der Waals surface area contributed by atoms with Crippen LogP contribution in [0.5, 0.6) is 0 Å². The molecule has 2 nitrogen and oxygen atoms in total. The maximum Gasteiger partial charge on any atom is 0.135 e. The van der Waals surface area contributed by atoms with Gasteiger partial charge in [0.25, 0.3) is 0 Å². The van der Waals surface area contributed by atoms with E-state index in [-0.39, 0.29) is 12.1 Å². The molecule has 0 bridgehead atoms. The smallest absolute Gasteiger partial charge is 0.135 e. The summed E-state index contributed by atoms with van der Waals surface area (Å²) in [6.45, 7) is 1.33. The van der Waals surface area contributed by atoms with E-state index in [1.54, 1.807) is 0 Å². The molecule has 1 atom stereocenters. The van der Waals surface area contributed by atoms with Crippen LogP contribution in [0.15, 0.2) is 12.1 Å². The van der Waals surface area contributed by atoms with Crippen molar-refractivity contribution in [2.75, 3.05) is 13.7 Å². The monoisotopic (exact) mass is 219 g/mol. The molecule has 0 radical (unpaired) electrons. The second kappa shape index (κ2) is 4.20. The first-order chi connectivity index (χ1) is 6.94. The van der Waals surface area contributed by atoms with E-state index in [9.17, 15) is 13.2 Å². The van der Waals surface area contributed by atoms with Crippen molar-refractivity contribution in [2.24, 2.45) is 5.73 Å². The van der Waals surface area contributed by atoms with Crippen LogP contribution in [-0.4, -0.2) is 13.7 Å². The zero-order valence-corrected chi connectivity index (χ0v) is 8.48. The Bertz CT molecular complexity index is 341. The summed E-state index contributed by atoms with van der Waals surface area (Å²) >= 11 is 0. The minimum atomic E-state index is -1.29. The van der Waals surface area contributed by atoms with Gasteiger partial charge in [-0.2, -0.15) is 0 Å². The summed E-state index contributed by atoms with van der Waals surface area (Å²) in [4.78, 5) is 0. The summed E-state index contributed by atoms with van der Waals surface area (Å²) in [5, 5.41) is 0. The summed E-state index contributed by atoms with van der Waals surface area (Å²) in [6.07, 6.45) is 0. The van der Waals surface area contributed by atoms with Crippen molar-refractivity contribution in [1.82, 2.24) is 0 Å². The lowest BCUT2D eigenvalue weighted by Gasteiger charge is -2.27. The van der Waals surface area contributed by atoms with E-state index in [4.69, 9.17) is 10.5 Å². The zero-order chi connectivity index (χ0) is 11.6. The fourth-order valence-corrected chi connectivity index (χ4v) is 1.33. The number of nitrogens with two attached hydrogens (primary N) is 1. The maximum absolute atomic E-state index is 13.4. The minimum Gasteiger partial charge on any atom is -0.372 e. The number of hydrogen-bond donors (Lipinski definition) is 1. The number of methoxy groups -OCH3 is 1. The largest absolute Gasteiger partial charge is 0.372 e. The predicted molar refractivity (Wildman–Crippen MR) is 49.7 cm³/mol. The molecule has 0 aromatic heterocycles. The van der Waals surface area contributed by atoms with E-state index < -0.39 is 23.1 Å². The SMILES string of the molecule is COC(C)(CN)c1c(F)cc(F)cc1F. The van der Waals surface area contributed by atoms with Crippen LogP contribution >= 0.6 is 0 Å². The molecule has 0 aliphatic rings. The molecule has 1 unspecified atom stereocenters. The van der Waals surface area contributed by atoms with Crippen molar-refractivity contribution in [2.45, 2.75) is 12.5 Å². The van der Waals surface area contributed by atoms with Crippen LogP contribution in [0.1, 0.15) is 12.5 Å². The number of rotatable bonds is 3. The number of ether oxygens (including phenoxy) is 1. The number of benzene rings is 1. The van der Waals surface area contributed by atoms with Gasteiger partial charge in [0.15, 0.2) is 0 Å². The molecule has 15 heavy (non-hydrogen) atoms. The van der Waals surface area contributed by atoms with E-state index in [0.717, 1.165) is 0 Å². The lowest BCUT2D eigenvalue weighted by Crippen LogP contribution is -2.35. The first-order valence-electron chi connectivity index (χ1n) is 4.35. The van der Waals surface area contributed by atoms with Crippen LogP contribution in [0.25, 0.3) is 0 Å². The minimum absolute atomic E-state index is 0.108. The Hall–Kier alpha value is -1.07. The Morgan fingerprint density at radius 1 is 1.27 bits per heavy atom. The average molecular weight is 219 g/mol. The Kier molecular flexibility index (Phi) is 3.36. The van der Waals surface area contributed by atoms with Gasteiger partial charge in [0.2, 0.25) is 0 Å². The molecule has 1 aromatic rings. The number of halogens is 3. The molecule has 0 aliphatic carbocycles. The lowest BCUT2D eigenvalue weighted by atomic mass is 9.94. The highest BCUT2D eigenvalue weighted by Gasteiger charge is 2.31. The molecular formula is C10H12F3NO. The fourth-order valence-electron chi connectivity index (χ4n) is 1.33. The highest BCUT2D eigenvalue weighted by atomic mass is 19.1.